The van der Waals surface area contributed by atoms with E-state index in [1.54, 1.807) is 0 Å². The molecule has 1 atom stereocenters. The van der Waals surface area contributed by atoms with Crippen LogP contribution in [0.15, 0.2) is 60.7 Å². The van der Waals surface area contributed by atoms with Gasteiger partial charge >= 0.3 is 0 Å². The van der Waals surface area contributed by atoms with Crippen molar-refractivity contribution in [2.24, 2.45) is 5.73 Å². The maximum atomic E-state index is 6.37. The van der Waals surface area contributed by atoms with Crippen molar-refractivity contribution in [3.8, 4) is 0 Å². The Morgan fingerprint density at radius 3 is 1.94 bits per heavy atom. The predicted octanol–water partition coefficient (Wildman–Crippen LogP) is 3.10. The van der Waals surface area contributed by atoms with Crippen molar-refractivity contribution < 1.29 is 0 Å². The Bertz CT molecular complexity index is 432. The lowest BCUT2D eigenvalue weighted by Gasteiger charge is -2.25. The molecule has 0 amide bonds. The van der Waals surface area contributed by atoms with E-state index in [1.165, 1.54) is 11.1 Å². The summed E-state index contributed by atoms with van der Waals surface area (Å²) < 4.78 is 0. The summed E-state index contributed by atoms with van der Waals surface area (Å²) in [5.41, 5.74) is 8.52. The van der Waals surface area contributed by atoms with Crippen LogP contribution in [0.3, 0.4) is 0 Å². The maximum Gasteiger partial charge on any atom is 0.0421 e. The largest absolute Gasteiger partial charge is 0.321 e. The fraction of sp³-hybridized carbons (Fsp3) is 0.200. The number of benzene rings is 2. The van der Waals surface area contributed by atoms with Crippen LogP contribution in [0.5, 0.6) is 0 Å². The Kier molecular flexibility index (Phi) is 3.07. The summed E-state index contributed by atoms with van der Waals surface area (Å²) in [6, 6.07) is 20.6. The number of hydrogen-bond donors (Lipinski definition) is 1. The smallest absolute Gasteiger partial charge is 0.0421 e. The molecule has 0 saturated heterocycles. The van der Waals surface area contributed by atoms with Crippen molar-refractivity contribution in [1.82, 2.24) is 0 Å². The zero-order chi connectivity index (χ0) is 11.4. The van der Waals surface area contributed by atoms with E-state index in [2.05, 4.69) is 43.3 Å². The molecule has 0 fully saturated rings. The first-order valence-electron chi connectivity index (χ1n) is 5.57. The summed E-state index contributed by atoms with van der Waals surface area (Å²) in [4.78, 5) is 0. The van der Waals surface area contributed by atoms with Gasteiger partial charge in [-0.3, -0.25) is 0 Å². The van der Waals surface area contributed by atoms with Crippen molar-refractivity contribution in [3.63, 3.8) is 0 Å². The third kappa shape index (κ3) is 2.50. The molecule has 2 aromatic carbocycles. The number of hydrogen-bond acceptors (Lipinski definition) is 1. The molecule has 0 radical (unpaired) electrons. The van der Waals surface area contributed by atoms with Gasteiger partial charge in [0.15, 0.2) is 0 Å². The van der Waals surface area contributed by atoms with Crippen molar-refractivity contribution in [3.05, 3.63) is 71.8 Å². The van der Waals surface area contributed by atoms with E-state index in [9.17, 15) is 0 Å². The van der Waals surface area contributed by atoms with Crippen molar-refractivity contribution in [1.29, 1.82) is 0 Å². The molecular formula is C15H17N. The van der Waals surface area contributed by atoms with Gasteiger partial charge in [0.1, 0.15) is 0 Å². The number of rotatable bonds is 3. The van der Waals surface area contributed by atoms with E-state index in [0.29, 0.717) is 0 Å². The first kappa shape index (κ1) is 10.9. The van der Waals surface area contributed by atoms with Crippen LogP contribution in [-0.4, -0.2) is 0 Å². The van der Waals surface area contributed by atoms with Gasteiger partial charge in [0.05, 0.1) is 0 Å². The van der Waals surface area contributed by atoms with Gasteiger partial charge in [-0.25, -0.2) is 0 Å². The van der Waals surface area contributed by atoms with Gasteiger partial charge < -0.3 is 5.73 Å². The highest BCUT2D eigenvalue weighted by atomic mass is 14.9. The molecule has 0 aliphatic heterocycles. The van der Waals surface area contributed by atoms with Gasteiger partial charge in [-0.2, -0.15) is 0 Å². The molecule has 16 heavy (non-hydrogen) atoms. The van der Waals surface area contributed by atoms with E-state index in [0.717, 1.165) is 6.42 Å². The summed E-state index contributed by atoms with van der Waals surface area (Å²) in [6.07, 6.45) is 0.859. The molecule has 0 saturated carbocycles. The lowest BCUT2D eigenvalue weighted by atomic mass is 10.00. The molecule has 2 aromatic rings. The van der Waals surface area contributed by atoms with Crippen LogP contribution in [0.2, 0.25) is 0 Å². The second kappa shape index (κ2) is 4.50. The highest BCUT2D eigenvalue weighted by Crippen LogP contribution is 2.22. The van der Waals surface area contributed by atoms with Crippen LogP contribution < -0.4 is 5.73 Å². The molecule has 1 unspecified atom stereocenters. The minimum absolute atomic E-state index is 0.303. The van der Waals surface area contributed by atoms with Crippen LogP contribution in [0.4, 0.5) is 0 Å². The summed E-state index contributed by atoms with van der Waals surface area (Å²) in [5.74, 6) is 0. The van der Waals surface area contributed by atoms with E-state index in [1.807, 2.05) is 24.3 Å². The van der Waals surface area contributed by atoms with E-state index < -0.39 is 0 Å². The van der Waals surface area contributed by atoms with Crippen LogP contribution in [-0.2, 0) is 12.0 Å². The standard InChI is InChI=1S/C15H17N/c1-15(16,14-10-6-3-7-11-14)12-13-8-4-2-5-9-13/h2-11H,12,16H2,1H3/i3+1,6+1,7+1,10+1,11+1,14+1. The lowest BCUT2D eigenvalue weighted by Crippen LogP contribution is -2.35. The third-order valence-electron chi connectivity index (χ3n) is 2.85. The first-order valence-corrected chi connectivity index (χ1v) is 5.57. The van der Waals surface area contributed by atoms with Gasteiger partial charge in [0.25, 0.3) is 0 Å². The van der Waals surface area contributed by atoms with Gasteiger partial charge in [0.2, 0.25) is 0 Å². The molecule has 1 heteroatoms. The van der Waals surface area contributed by atoms with Crippen LogP contribution in [0.25, 0.3) is 0 Å². The second-order valence-corrected chi connectivity index (χ2v) is 4.45. The van der Waals surface area contributed by atoms with Crippen LogP contribution in [0, 0.1) is 0 Å². The molecule has 0 aromatic heterocycles. The maximum absolute atomic E-state index is 6.37. The minimum atomic E-state index is -0.303. The lowest BCUT2D eigenvalue weighted by molar-refractivity contribution is 0.491. The van der Waals surface area contributed by atoms with Crippen molar-refractivity contribution in [2.75, 3.05) is 0 Å². The third-order valence-corrected chi connectivity index (χ3v) is 2.85. The van der Waals surface area contributed by atoms with Crippen molar-refractivity contribution in [2.45, 2.75) is 18.9 Å². The quantitative estimate of drug-likeness (QED) is 0.840. The summed E-state index contributed by atoms with van der Waals surface area (Å²) in [6.45, 7) is 2.08. The average molecular weight is 217 g/mol. The molecule has 0 bridgehead atoms. The van der Waals surface area contributed by atoms with Crippen LogP contribution in [0.1, 0.15) is 18.1 Å². The molecular weight excluding hydrogens is 200 g/mol. The van der Waals surface area contributed by atoms with Gasteiger partial charge in [-0.15, -0.1) is 0 Å². The molecule has 0 aliphatic rings. The minimum Gasteiger partial charge on any atom is -0.321 e. The Hall–Kier alpha value is -1.60. The average Bonchev–Trinajstić information content (AvgIpc) is 2.31. The molecule has 2 rings (SSSR count). The van der Waals surface area contributed by atoms with Crippen molar-refractivity contribution >= 4 is 0 Å². The fourth-order valence-electron chi connectivity index (χ4n) is 1.94. The zero-order valence-corrected chi connectivity index (χ0v) is 9.56. The summed E-state index contributed by atoms with van der Waals surface area (Å²) >= 11 is 0. The predicted molar refractivity (Wildman–Crippen MR) is 68.1 cm³/mol. The molecule has 82 valence electrons. The SMILES string of the molecule is CC(N)(Cc1ccccc1)[13c]1[13cH][13cH][13cH][13cH][13cH]1. The van der Waals surface area contributed by atoms with E-state index >= 15 is 0 Å². The first-order chi connectivity index (χ1) is 7.68. The van der Waals surface area contributed by atoms with E-state index in [-0.39, 0.29) is 5.54 Å². The molecule has 0 aliphatic carbocycles. The molecule has 2 N–H and O–H groups in total. The number of nitrogens with two attached hydrogens (primary N) is 1. The Morgan fingerprint density at radius 1 is 0.875 bits per heavy atom. The Labute approximate surface area is 96.9 Å². The Morgan fingerprint density at radius 2 is 1.38 bits per heavy atom. The zero-order valence-electron chi connectivity index (χ0n) is 9.56. The van der Waals surface area contributed by atoms with E-state index in [4.69, 9.17) is 5.73 Å². The molecule has 0 spiro atoms. The highest BCUT2D eigenvalue weighted by Gasteiger charge is 2.20. The van der Waals surface area contributed by atoms with Gasteiger partial charge in [-0.05, 0) is 24.5 Å². The monoisotopic (exact) mass is 217 g/mol. The fourth-order valence-corrected chi connectivity index (χ4v) is 1.94. The highest BCUT2D eigenvalue weighted by molar-refractivity contribution is 5.27. The van der Waals surface area contributed by atoms with Gasteiger partial charge in [0, 0.05) is 5.54 Å². The molecule has 1 nitrogen and oxygen atoms in total. The van der Waals surface area contributed by atoms with Gasteiger partial charge in [-0.1, -0.05) is 60.7 Å². The Balaban J connectivity index is 2.21. The van der Waals surface area contributed by atoms with Crippen LogP contribution >= 0.6 is 0 Å². The second-order valence-electron chi connectivity index (χ2n) is 4.45. The summed E-state index contributed by atoms with van der Waals surface area (Å²) in [5, 5.41) is 0. The normalized spacial score (nSPS) is 14.4. The summed E-state index contributed by atoms with van der Waals surface area (Å²) in [7, 11) is 0. The molecule has 0 heterocycles. The topological polar surface area (TPSA) is 26.0 Å².